The summed E-state index contributed by atoms with van der Waals surface area (Å²) in [5, 5.41) is 5.10. The van der Waals surface area contributed by atoms with E-state index in [-0.39, 0.29) is 11.3 Å². The number of nitrogens with zero attached hydrogens (tertiary/aromatic N) is 3. The van der Waals surface area contributed by atoms with Crippen molar-refractivity contribution in [1.29, 1.82) is 0 Å². The predicted molar refractivity (Wildman–Crippen MR) is 134 cm³/mol. The number of rotatable bonds is 7. The van der Waals surface area contributed by atoms with Gasteiger partial charge in [0.05, 0.1) is 6.54 Å². The van der Waals surface area contributed by atoms with Crippen molar-refractivity contribution in [2.24, 2.45) is 11.1 Å². The first-order chi connectivity index (χ1) is 15.7. The minimum absolute atomic E-state index is 0.115. The van der Waals surface area contributed by atoms with Crippen LogP contribution in [0.2, 0.25) is 5.15 Å². The van der Waals surface area contributed by atoms with Crippen molar-refractivity contribution >= 4 is 34.4 Å². The van der Waals surface area contributed by atoms with Crippen molar-refractivity contribution in [3.8, 4) is 11.1 Å². The smallest absolute Gasteiger partial charge is 0.231 e. The minimum atomic E-state index is -0.261. The lowest BCUT2D eigenvalue weighted by Gasteiger charge is -2.39. The van der Waals surface area contributed by atoms with E-state index in [1.54, 1.807) is 6.20 Å². The van der Waals surface area contributed by atoms with Crippen LogP contribution in [-0.2, 0) is 4.79 Å². The van der Waals surface area contributed by atoms with E-state index in [1.165, 1.54) is 0 Å². The van der Waals surface area contributed by atoms with E-state index in [0.717, 1.165) is 60.2 Å². The topological polar surface area (TPSA) is 99.9 Å². The number of anilines is 1. The second-order valence-electron chi connectivity index (χ2n) is 10.2. The molecule has 0 saturated heterocycles. The highest BCUT2D eigenvalue weighted by Crippen LogP contribution is 2.32. The van der Waals surface area contributed by atoms with E-state index in [4.69, 9.17) is 17.3 Å². The second-order valence-corrected chi connectivity index (χ2v) is 10.6. The maximum absolute atomic E-state index is 11.6. The van der Waals surface area contributed by atoms with Crippen molar-refractivity contribution < 1.29 is 4.79 Å². The molecule has 1 aliphatic carbocycles. The molecule has 1 fully saturated rings. The number of halogens is 1. The Morgan fingerprint density at radius 3 is 2.73 bits per heavy atom. The monoisotopic (exact) mass is 468 g/mol. The lowest BCUT2D eigenvalue weighted by Crippen LogP contribution is -2.47. The molecule has 0 aromatic carbocycles. The number of fused-ring (bicyclic) bond motifs is 1. The predicted octanol–water partition coefficient (Wildman–Crippen LogP) is 4.83. The highest BCUT2D eigenvalue weighted by atomic mass is 35.5. The van der Waals surface area contributed by atoms with E-state index in [0.29, 0.717) is 23.8 Å². The quantitative estimate of drug-likeness (QED) is 0.431. The molecular weight excluding hydrogens is 436 g/mol. The number of pyridine rings is 2. The van der Waals surface area contributed by atoms with E-state index in [2.05, 4.69) is 45.9 Å². The summed E-state index contributed by atoms with van der Waals surface area (Å²) in [7, 11) is 0. The molecule has 0 bridgehead atoms. The van der Waals surface area contributed by atoms with Gasteiger partial charge in [0.15, 0.2) is 0 Å². The normalized spacial score (nSPS) is 19.2. The molecule has 0 aliphatic heterocycles. The summed E-state index contributed by atoms with van der Waals surface area (Å²) >= 11 is 6.38. The molecule has 3 aromatic rings. The lowest BCUT2D eigenvalue weighted by molar-refractivity contribution is -0.120. The SMILES string of the molecule is CC(C)(C)CN(CC(N)=O)[C@H]1CC[C@H](Nc2cc(-c3c[nH]c4ncccc34)cc(Cl)n2)CC1. The average molecular weight is 469 g/mol. The van der Waals surface area contributed by atoms with Crippen molar-refractivity contribution in [2.45, 2.75) is 58.5 Å². The molecule has 0 atom stereocenters. The zero-order valence-corrected chi connectivity index (χ0v) is 20.3. The molecule has 3 aromatic heterocycles. The molecule has 4 N–H and O–H groups in total. The van der Waals surface area contributed by atoms with Crippen LogP contribution in [0.5, 0.6) is 0 Å². The molecule has 33 heavy (non-hydrogen) atoms. The molecule has 8 heteroatoms. The van der Waals surface area contributed by atoms with Gasteiger partial charge in [-0.2, -0.15) is 0 Å². The maximum Gasteiger partial charge on any atom is 0.231 e. The number of hydrogen-bond donors (Lipinski definition) is 3. The number of carbonyl (C=O) groups excluding carboxylic acids is 1. The van der Waals surface area contributed by atoms with Crippen molar-refractivity contribution in [1.82, 2.24) is 19.9 Å². The molecule has 1 aliphatic rings. The van der Waals surface area contributed by atoms with Gasteiger partial charge in [-0.1, -0.05) is 32.4 Å². The fraction of sp³-hybridized carbons (Fsp3) is 0.480. The van der Waals surface area contributed by atoms with Crippen LogP contribution in [0.25, 0.3) is 22.2 Å². The number of nitrogens with two attached hydrogens (primary N) is 1. The number of carbonyl (C=O) groups is 1. The van der Waals surface area contributed by atoms with Gasteiger partial charge in [0.25, 0.3) is 0 Å². The molecular formula is C25H33ClN6O. The fourth-order valence-electron chi connectivity index (χ4n) is 4.84. The van der Waals surface area contributed by atoms with Crippen molar-refractivity contribution in [2.75, 3.05) is 18.4 Å². The number of amides is 1. The Morgan fingerprint density at radius 2 is 2.03 bits per heavy atom. The third kappa shape index (κ3) is 6.03. The molecule has 176 valence electrons. The van der Waals surface area contributed by atoms with Crippen LogP contribution in [0.1, 0.15) is 46.5 Å². The Bertz CT molecular complexity index is 1110. The van der Waals surface area contributed by atoms with Crippen molar-refractivity contribution in [3.05, 3.63) is 41.8 Å². The largest absolute Gasteiger partial charge is 0.369 e. The standard InChI is InChI=1S/C25H33ClN6O/c1-25(2,3)15-32(14-22(27)33)18-8-6-17(7-9-18)30-23-12-16(11-21(26)31-23)20-13-29-24-19(20)5-4-10-28-24/h4-5,10-13,17-18H,6-9,14-15H2,1-3H3,(H2,27,33)(H,28,29)(H,30,31)/t17-,18-. The van der Waals surface area contributed by atoms with Gasteiger partial charge in [0, 0.05) is 42.0 Å². The number of primary amides is 1. The summed E-state index contributed by atoms with van der Waals surface area (Å²) in [6.07, 6.45) is 7.78. The molecule has 0 unspecified atom stereocenters. The first-order valence-electron chi connectivity index (χ1n) is 11.6. The maximum atomic E-state index is 11.6. The van der Waals surface area contributed by atoms with Gasteiger partial charge >= 0.3 is 0 Å². The van der Waals surface area contributed by atoms with E-state index in [9.17, 15) is 4.79 Å². The van der Waals surface area contributed by atoms with Crippen LogP contribution in [0, 0.1) is 5.41 Å². The molecule has 0 radical (unpaired) electrons. The third-order valence-electron chi connectivity index (χ3n) is 6.16. The van der Waals surface area contributed by atoms with E-state index in [1.807, 2.05) is 30.5 Å². The third-order valence-corrected chi connectivity index (χ3v) is 6.35. The van der Waals surface area contributed by atoms with Gasteiger partial charge in [-0.25, -0.2) is 9.97 Å². The van der Waals surface area contributed by atoms with E-state index < -0.39 is 0 Å². The van der Waals surface area contributed by atoms with Crippen LogP contribution in [-0.4, -0.2) is 50.9 Å². The Morgan fingerprint density at radius 1 is 1.27 bits per heavy atom. The van der Waals surface area contributed by atoms with Gasteiger partial charge in [-0.15, -0.1) is 0 Å². The first kappa shape index (κ1) is 23.5. The summed E-state index contributed by atoms with van der Waals surface area (Å²) in [5.41, 5.74) is 8.55. The Hall–Kier alpha value is -2.64. The highest BCUT2D eigenvalue weighted by Gasteiger charge is 2.29. The number of H-pyrrole nitrogens is 1. The number of aromatic amines is 1. The van der Waals surface area contributed by atoms with Gasteiger partial charge < -0.3 is 16.0 Å². The number of hydrogen-bond acceptors (Lipinski definition) is 5. The lowest BCUT2D eigenvalue weighted by atomic mass is 9.88. The Labute approximate surface area is 200 Å². The molecule has 3 heterocycles. The summed E-state index contributed by atoms with van der Waals surface area (Å²) < 4.78 is 0. The average Bonchev–Trinajstić information content (AvgIpc) is 3.16. The zero-order chi connectivity index (χ0) is 23.6. The molecule has 0 spiro atoms. The van der Waals surface area contributed by atoms with Gasteiger partial charge in [-0.3, -0.25) is 9.69 Å². The summed E-state index contributed by atoms with van der Waals surface area (Å²) in [4.78, 5) is 26.0. The van der Waals surface area contributed by atoms with Crippen LogP contribution in [0.15, 0.2) is 36.7 Å². The minimum Gasteiger partial charge on any atom is -0.369 e. The van der Waals surface area contributed by atoms with Gasteiger partial charge in [0.2, 0.25) is 5.91 Å². The van der Waals surface area contributed by atoms with Crippen LogP contribution >= 0.6 is 11.6 Å². The summed E-state index contributed by atoms with van der Waals surface area (Å²) in [5.74, 6) is 0.519. The van der Waals surface area contributed by atoms with Crippen molar-refractivity contribution in [3.63, 3.8) is 0 Å². The fourth-order valence-corrected chi connectivity index (χ4v) is 5.05. The molecule has 1 amide bonds. The molecule has 4 rings (SSSR count). The Balaban J connectivity index is 1.44. The highest BCUT2D eigenvalue weighted by molar-refractivity contribution is 6.29. The van der Waals surface area contributed by atoms with Gasteiger partial charge in [-0.05, 0) is 60.9 Å². The number of nitrogens with one attached hydrogen (secondary N) is 2. The molecule has 7 nitrogen and oxygen atoms in total. The second kappa shape index (κ2) is 9.69. The molecule has 1 saturated carbocycles. The van der Waals surface area contributed by atoms with Crippen LogP contribution in [0.4, 0.5) is 5.82 Å². The summed E-state index contributed by atoms with van der Waals surface area (Å²) in [6, 6.07) is 8.60. The summed E-state index contributed by atoms with van der Waals surface area (Å²) in [6.45, 7) is 7.76. The van der Waals surface area contributed by atoms with Crippen LogP contribution < -0.4 is 11.1 Å². The van der Waals surface area contributed by atoms with Crippen LogP contribution in [0.3, 0.4) is 0 Å². The Kier molecular flexibility index (Phi) is 6.91. The first-order valence-corrected chi connectivity index (χ1v) is 11.9. The van der Waals surface area contributed by atoms with Gasteiger partial charge in [0.1, 0.15) is 16.6 Å². The van der Waals surface area contributed by atoms with E-state index >= 15 is 0 Å². The number of aromatic nitrogens is 3. The zero-order valence-electron chi connectivity index (χ0n) is 19.6.